The Morgan fingerprint density at radius 2 is 2.33 bits per heavy atom. The number of anilines is 2. The van der Waals surface area contributed by atoms with Crippen LogP contribution in [0.4, 0.5) is 11.4 Å². The second-order valence-corrected chi connectivity index (χ2v) is 5.01. The number of benzene rings is 1. The number of aromatic nitrogens is 1. The van der Waals surface area contributed by atoms with Crippen LogP contribution in [0.5, 0.6) is 0 Å². The summed E-state index contributed by atoms with van der Waals surface area (Å²) in [5, 5.41) is 15.3. The number of aryl methyl sites for hydroxylation is 1. The number of hydrogen-bond acceptors (Lipinski definition) is 5. The van der Waals surface area contributed by atoms with E-state index in [4.69, 9.17) is 11.0 Å². The molecule has 18 heavy (non-hydrogen) atoms. The van der Waals surface area contributed by atoms with Crippen LogP contribution in [-0.2, 0) is 6.42 Å². The molecular formula is C13H14N4S. The zero-order chi connectivity index (χ0) is 13.0. The molecule has 3 N–H and O–H groups in total. The Hall–Kier alpha value is -2.06. The number of nitrogen functional groups attached to an aromatic ring is 1. The fraction of sp³-hybridized carbons (Fsp3) is 0.231. The van der Waals surface area contributed by atoms with Gasteiger partial charge in [-0.25, -0.2) is 4.98 Å². The molecule has 1 aromatic heterocycles. The second-order valence-electron chi connectivity index (χ2n) is 3.95. The lowest BCUT2D eigenvalue weighted by atomic mass is 10.2. The third-order valence-electron chi connectivity index (χ3n) is 2.55. The summed E-state index contributed by atoms with van der Waals surface area (Å²) in [6, 6.07) is 7.46. The van der Waals surface area contributed by atoms with Gasteiger partial charge in [-0.15, -0.1) is 11.3 Å². The van der Waals surface area contributed by atoms with Crippen molar-refractivity contribution in [1.82, 2.24) is 4.98 Å². The van der Waals surface area contributed by atoms with Crippen LogP contribution >= 0.6 is 11.3 Å². The topological polar surface area (TPSA) is 74.7 Å². The summed E-state index contributed by atoms with van der Waals surface area (Å²) >= 11 is 1.66. The molecule has 0 aliphatic heterocycles. The molecule has 2 rings (SSSR count). The van der Waals surface area contributed by atoms with Gasteiger partial charge in [-0.3, -0.25) is 0 Å². The minimum atomic E-state index is 0.504. The monoisotopic (exact) mass is 258 g/mol. The molecule has 5 heteroatoms. The summed E-state index contributed by atoms with van der Waals surface area (Å²) in [5.74, 6) is 0. The largest absolute Gasteiger partial charge is 0.398 e. The summed E-state index contributed by atoms with van der Waals surface area (Å²) in [7, 11) is 0. The summed E-state index contributed by atoms with van der Waals surface area (Å²) in [4.78, 5) is 4.40. The maximum Gasteiger partial charge on any atom is 0.101 e. The highest BCUT2D eigenvalue weighted by Gasteiger charge is 2.01. The highest BCUT2D eigenvalue weighted by atomic mass is 32.1. The van der Waals surface area contributed by atoms with Gasteiger partial charge in [0.15, 0.2) is 0 Å². The molecule has 0 unspecified atom stereocenters. The minimum Gasteiger partial charge on any atom is -0.398 e. The van der Waals surface area contributed by atoms with Gasteiger partial charge < -0.3 is 11.1 Å². The van der Waals surface area contributed by atoms with Gasteiger partial charge in [0.2, 0.25) is 0 Å². The quantitative estimate of drug-likeness (QED) is 0.826. The lowest BCUT2D eigenvalue weighted by Gasteiger charge is -2.06. The fourth-order valence-corrected chi connectivity index (χ4v) is 2.27. The summed E-state index contributed by atoms with van der Waals surface area (Å²) in [6.45, 7) is 2.79. The molecule has 4 nitrogen and oxygen atoms in total. The minimum absolute atomic E-state index is 0.504. The lowest BCUT2D eigenvalue weighted by molar-refractivity contribution is 0.968. The standard InChI is InChI=1S/C13H14N4S/c1-9-17-12(8-18-9)4-5-16-11-2-3-13(15)10(6-11)7-14/h2-3,6,8,16H,4-5,15H2,1H3. The Morgan fingerprint density at radius 1 is 1.50 bits per heavy atom. The molecule has 0 fully saturated rings. The van der Waals surface area contributed by atoms with E-state index in [9.17, 15) is 0 Å². The van der Waals surface area contributed by atoms with Gasteiger partial charge >= 0.3 is 0 Å². The molecule has 0 amide bonds. The van der Waals surface area contributed by atoms with Crippen molar-refractivity contribution in [2.24, 2.45) is 0 Å². The van der Waals surface area contributed by atoms with Crippen LogP contribution in [0.25, 0.3) is 0 Å². The highest BCUT2D eigenvalue weighted by molar-refractivity contribution is 7.09. The normalized spacial score (nSPS) is 10.0. The van der Waals surface area contributed by atoms with E-state index in [1.807, 2.05) is 13.0 Å². The molecule has 0 bridgehead atoms. The van der Waals surface area contributed by atoms with Gasteiger partial charge in [-0.05, 0) is 25.1 Å². The van der Waals surface area contributed by atoms with E-state index in [-0.39, 0.29) is 0 Å². The zero-order valence-electron chi connectivity index (χ0n) is 10.1. The smallest absolute Gasteiger partial charge is 0.101 e. The van der Waals surface area contributed by atoms with Crippen molar-refractivity contribution in [1.29, 1.82) is 5.26 Å². The number of nitrogens with zero attached hydrogens (tertiary/aromatic N) is 2. The summed E-state index contributed by atoms with van der Waals surface area (Å²) < 4.78 is 0. The maximum atomic E-state index is 8.88. The van der Waals surface area contributed by atoms with Gasteiger partial charge in [0.05, 0.1) is 16.3 Å². The van der Waals surface area contributed by atoms with E-state index >= 15 is 0 Å². The fourth-order valence-electron chi connectivity index (χ4n) is 1.62. The Morgan fingerprint density at radius 3 is 3.00 bits per heavy atom. The van der Waals surface area contributed by atoms with E-state index < -0.39 is 0 Å². The Kier molecular flexibility index (Phi) is 3.80. The van der Waals surface area contributed by atoms with Gasteiger partial charge in [-0.2, -0.15) is 5.26 Å². The van der Waals surface area contributed by atoms with Crippen LogP contribution in [0.1, 0.15) is 16.3 Å². The number of thiazole rings is 1. The molecule has 0 saturated heterocycles. The first-order valence-corrected chi connectivity index (χ1v) is 6.51. The molecule has 1 heterocycles. The van der Waals surface area contributed by atoms with E-state index in [2.05, 4.69) is 21.8 Å². The Balaban J connectivity index is 1.93. The van der Waals surface area contributed by atoms with E-state index in [0.717, 1.165) is 29.4 Å². The molecule has 2 aromatic rings. The van der Waals surface area contributed by atoms with Crippen molar-refractivity contribution in [3.8, 4) is 6.07 Å². The Labute approximate surface area is 110 Å². The third kappa shape index (κ3) is 2.99. The average Bonchev–Trinajstić information content (AvgIpc) is 2.77. The first-order valence-electron chi connectivity index (χ1n) is 5.63. The zero-order valence-corrected chi connectivity index (χ0v) is 10.9. The van der Waals surface area contributed by atoms with Gasteiger partial charge in [0, 0.05) is 29.7 Å². The van der Waals surface area contributed by atoms with Crippen molar-refractivity contribution in [2.75, 3.05) is 17.6 Å². The van der Waals surface area contributed by atoms with Crippen LogP contribution in [0.3, 0.4) is 0 Å². The molecule has 92 valence electrons. The molecule has 0 spiro atoms. The molecule has 0 atom stereocenters. The molecule has 0 saturated carbocycles. The van der Waals surface area contributed by atoms with Gasteiger partial charge in [0.25, 0.3) is 0 Å². The Bertz CT molecular complexity index is 583. The number of nitrogens with one attached hydrogen (secondary N) is 1. The van der Waals surface area contributed by atoms with Crippen molar-refractivity contribution in [3.63, 3.8) is 0 Å². The van der Waals surface area contributed by atoms with Crippen molar-refractivity contribution in [3.05, 3.63) is 39.8 Å². The van der Waals surface area contributed by atoms with Gasteiger partial charge in [-0.1, -0.05) is 0 Å². The van der Waals surface area contributed by atoms with Crippen LogP contribution in [0, 0.1) is 18.3 Å². The number of nitrogens with two attached hydrogens (primary N) is 1. The molecular weight excluding hydrogens is 244 g/mol. The van der Waals surface area contributed by atoms with Crippen LogP contribution in [0.2, 0.25) is 0 Å². The summed E-state index contributed by atoms with van der Waals surface area (Å²) in [5.41, 5.74) is 8.69. The third-order valence-corrected chi connectivity index (χ3v) is 3.37. The average molecular weight is 258 g/mol. The molecule has 1 aromatic carbocycles. The first kappa shape index (κ1) is 12.4. The number of rotatable bonds is 4. The van der Waals surface area contributed by atoms with Gasteiger partial charge in [0.1, 0.15) is 6.07 Å². The second kappa shape index (κ2) is 5.52. The lowest BCUT2D eigenvalue weighted by Crippen LogP contribution is -2.05. The highest BCUT2D eigenvalue weighted by Crippen LogP contribution is 2.17. The molecule has 0 radical (unpaired) electrons. The molecule has 0 aliphatic carbocycles. The number of nitriles is 1. The van der Waals surface area contributed by atoms with Crippen LogP contribution in [-0.4, -0.2) is 11.5 Å². The SMILES string of the molecule is Cc1nc(CCNc2ccc(N)c(C#N)c2)cs1. The predicted octanol–water partition coefficient (Wildman–Crippen LogP) is 2.56. The number of hydrogen-bond donors (Lipinski definition) is 2. The van der Waals surface area contributed by atoms with Crippen molar-refractivity contribution >= 4 is 22.7 Å². The van der Waals surface area contributed by atoms with Crippen molar-refractivity contribution in [2.45, 2.75) is 13.3 Å². The first-order chi connectivity index (χ1) is 8.69. The molecule has 0 aliphatic rings. The van der Waals surface area contributed by atoms with E-state index in [1.54, 1.807) is 23.5 Å². The predicted molar refractivity (Wildman–Crippen MR) is 74.6 cm³/mol. The summed E-state index contributed by atoms with van der Waals surface area (Å²) in [6.07, 6.45) is 0.872. The van der Waals surface area contributed by atoms with E-state index in [1.165, 1.54) is 0 Å². The van der Waals surface area contributed by atoms with Crippen LogP contribution < -0.4 is 11.1 Å². The van der Waals surface area contributed by atoms with Crippen LogP contribution in [0.15, 0.2) is 23.6 Å². The van der Waals surface area contributed by atoms with E-state index in [0.29, 0.717) is 11.3 Å². The van der Waals surface area contributed by atoms with Crippen molar-refractivity contribution < 1.29 is 0 Å². The maximum absolute atomic E-state index is 8.88.